The fraction of sp³-hybridized carbons (Fsp3) is 0.318. The maximum Gasteiger partial charge on any atom is 0.309 e. The second kappa shape index (κ2) is 10.9. The number of benzene rings is 2. The van der Waals surface area contributed by atoms with E-state index in [1.807, 2.05) is 24.3 Å². The van der Waals surface area contributed by atoms with Gasteiger partial charge in [0.2, 0.25) is 0 Å². The van der Waals surface area contributed by atoms with Crippen LogP contribution in [0.4, 0.5) is 5.69 Å². The first-order valence-corrected chi connectivity index (χ1v) is 9.79. The Morgan fingerprint density at radius 3 is 2.34 bits per heavy atom. The third kappa shape index (κ3) is 7.71. The summed E-state index contributed by atoms with van der Waals surface area (Å²) < 4.78 is 10.3. The van der Waals surface area contributed by atoms with Gasteiger partial charge in [-0.3, -0.25) is 35.3 Å². The molecule has 2 rings (SSSR count). The summed E-state index contributed by atoms with van der Waals surface area (Å²) >= 11 is 0. The number of hydrogen-bond acceptors (Lipinski definition) is 7. The highest BCUT2D eigenvalue weighted by atomic mass is 16.6. The maximum atomic E-state index is 11.9. The molecule has 2 aromatic rings. The Morgan fingerprint density at radius 2 is 1.72 bits per heavy atom. The fourth-order valence-electron chi connectivity index (χ4n) is 2.52. The molecule has 2 aromatic carbocycles. The Morgan fingerprint density at radius 1 is 1.03 bits per heavy atom. The molecule has 10 heteroatoms. The molecule has 0 saturated heterocycles. The molecule has 170 valence electrons. The number of ether oxygens (including phenoxy) is 2. The van der Waals surface area contributed by atoms with Gasteiger partial charge in [0.05, 0.1) is 18.0 Å². The summed E-state index contributed by atoms with van der Waals surface area (Å²) in [5, 5.41) is 10.7. The van der Waals surface area contributed by atoms with Gasteiger partial charge in [-0.1, -0.05) is 39.0 Å². The van der Waals surface area contributed by atoms with Crippen LogP contribution in [0.2, 0.25) is 0 Å². The zero-order valence-electron chi connectivity index (χ0n) is 18.0. The van der Waals surface area contributed by atoms with Crippen LogP contribution in [-0.4, -0.2) is 35.9 Å². The highest BCUT2D eigenvalue weighted by molar-refractivity contribution is 5.96. The van der Waals surface area contributed by atoms with Crippen LogP contribution in [0.15, 0.2) is 48.5 Å². The molecule has 0 unspecified atom stereocenters. The van der Waals surface area contributed by atoms with Crippen molar-refractivity contribution in [1.29, 1.82) is 0 Å². The van der Waals surface area contributed by atoms with Crippen LogP contribution >= 0.6 is 0 Å². The number of hydrogen-bond donors (Lipinski definition) is 2. The van der Waals surface area contributed by atoms with Gasteiger partial charge in [-0.2, -0.15) is 0 Å². The van der Waals surface area contributed by atoms with Crippen molar-refractivity contribution in [1.82, 2.24) is 10.9 Å². The number of carbonyl (C=O) groups is 3. The van der Waals surface area contributed by atoms with Crippen molar-refractivity contribution in [3.8, 4) is 5.75 Å². The smallest absolute Gasteiger partial charge is 0.309 e. The van der Waals surface area contributed by atoms with E-state index in [0.717, 1.165) is 11.6 Å². The number of nitrogens with one attached hydrogen (secondary N) is 2. The predicted molar refractivity (Wildman–Crippen MR) is 115 cm³/mol. The van der Waals surface area contributed by atoms with E-state index in [2.05, 4.69) is 31.6 Å². The van der Waals surface area contributed by atoms with Crippen LogP contribution in [0, 0.1) is 10.1 Å². The van der Waals surface area contributed by atoms with Gasteiger partial charge >= 0.3 is 5.97 Å². The quantitative estimate of drug-likeness (QED) is 0.363. The minimum absolute atomic E-state index is 0.0100. The molecule has 0 aliphatic carbocycles. The van der Waals surface area contributed by atoms with E-state index in [1.54, 1.807) is 0 Å². The van der Waals surface area contributed by atoms with E-state index in [-0.39, 0.29) is 29.7 Å². The monoisotopic (exact) mass is 443 g/mol. The number of esters is 1. The Balaban J connectivity index is 1.67. The lowest BCUT2D eigenvalue weighted by atomic mass is 9.87. The fourth-order valence-corrected chi connectivity index (χ4v) is 2.52. The molecule has 0 atom stereocenters. The van der Waals surface area contributed by atoms with Crippen molar-refractivity contribution in [2.75, 3.05) is 13.2 Å². The van der Waals surface area contributed by atoms with Gasteiger partial charge in [-0.25, -0.2) is 0 Å². The largest absolute Gasteiger partial charge is 0.493 e. The molecule has 2 N–H and O–H groups in total. The van der Waals surface area contributed by atoms with Crippen molar-refractivity contribution >= 4 is 23.5 Å². The molecule has 0 spiro atoms. The molecule has 0 aliphatic rings. The van der Waals surface area contributed by atoms with E-state index >= 15 is 0 Å². The molecule has 0 radical (unpaired) electrons. The molecule has 2 amide bonds. The predicted octanol–water partition coefficient (Wildman–Crippen LogP) is 2.67. The number of amides is 2. The number of carbonyl (C=O) groups excluding carboxylic acids is 3. The third-order valence-electron chi connectivity index (χ3n) is 4.29. The lowest BCUT2D eigenvalue weighted by molar-refractivity contribution is -0.384. The highest BCUT2D eigenvalue weighted by Crippen LogP contribution is 2.24. The number of non-ortho nitro benzene ring substituents is 1. The zero-order chi connectivity index (χ0) is 23.7. The summed E-state index contributed by atoms with van der Waals surface area (Å²) in [5.74, 6) is -1.54. The van der Waals surface area contributed by atoms with Gasteiger partial charge in [0, 0.05) is 17.7 Å². The summed E-state index contributed by atoms with van der Waals surface area (Å²) in [4.78, 5) is 45.5. The molecule has 10 nitrogen and oxygen atoms in total. The molecule has 0 aromatic heterocycles. The van der Waals surface area contributed by atoms with Crippen LogP contribution in [0.3, 0.4) is 0 Å². The number of nitro benzene ring substituents is 1. The zero-order valence-corrected chi connectivity index (χ0v) is 18.0. The third-order valence-corrected chi connectivity index (χ3v) is 4.29. The summed E-state index contributed by atoms with van der Waals surface area (Å²) in [6.07, 6.45) is -0.0612. The SMILES string of the molecule is CC(C)(C)c1ccc(OCCC(=O)OCC(=O)NNC(=O)c2cccc([N+](=O)[O-])c2)cc1. The molecule has 0 heterocycles. The minimum atomic E-state index is -0.768. The van der Waals surface area contributed by atoms with Gasteiger partial charge < -0.3 is 9.47 Å². The van der Waals surface area contributed by atoms with E-state index in [4.69, 9.17) is 9.47 Å². The summed E-state index contributed by atoms with van der Waals surface area (Å²) in [7, 11) is 0. The first-order chi connectivity index (χ1) is 15.1. The molecule has 32 heavy (non-hydrogen) atoms. The topological polar surface area (TPSA) is 137 Å². The van der Waals surface area contributed by atoms with Crippen molar-refractivity contribution in [3.05, 3.63) is 69.8 Å². The van der Waals surface area contributed by atoms with E-state index in [0.29, 0.717) is 5.75 Å². The lowest BCUT2D eigenvalue weighted by Crippen LogP contribution is -2.43. The second-order valence-electron chi connectivity index (χ2n) is 7.84. The van der Waals surface area contributed by atoms with Gasteiger partial charge in [0.1, 0.15) is 5.75 Å². The Hall–Kier alpha value is -3.95. The first kappa shape index (κ1) is 24.3. The van der Waals surface area contributed by atoms with Gasteiger partial charge in [-0.15, -0.1) is 0 Å². The Bertz CT molecular complexity index is 982. The van der Waals surface area contributed by atoms with Crippen molar-refractivity contribution < 1.29 is 28.8 Å². The van der Waals surface area contributed by atoms with Crippen LogP contribution in [-0.2, 0) is 19.7 Å². The summed E-state index contributed by atoms with van der Waals surface area (Å²) in [6.45, 7) is 5.80. The molecular formula is C22H25N3O7. The van der Waals surface area contributed by atoms with Gasteiger partial charge in [0.25, 0.3) is 17.5 Å². The Kier molecular flexibility index (Phi) is 8.28. The highest BCUT2D eigenvalue weighted by Gasteiger charge is 2.14. The average molecular weight is 443 g/mol. The molecule has 0 bridgehead atoms. The van der Waals surface area contributed by atoms with Crippen LogP contribution < -0.4 is 15.6 Å². The number of nitrogens with zero attached hydrogens (tertiary/aromatic N) is 1. The average Bonchev–Trinajstić information content (AvgIpc) is 2.75. The summed E-state index contributed by atoms with van der Waals surface area (Å²) in [5.41, 5.74) is 5.08. The van der Waals surface area contributed by atoms with Crippen LogP contribution in [0.25, 0.3) is 0 Å². The molecule has 0 aliphatic heterocycles. The number of hydrazine groups is 1. The van der Waals surface area contributed by atoms with Crippen molar-refractivity contribution in [2.45, 2.75) is 32.6 Å². The molecule has 0 fully saturated rings. The van der Waals surface area contributed by atoms with E-state index in [9.17, 15) is 24.5 Å². The minimum Gasteiger partial charge on any atom is -0.493 e. The number of nitro groups is 1. The first-order valence-electron chi connectivity index (χ1n) is 9.79. The second-order valence-corrected chi connectivity index (χ2v) is 7.84. The molecular weight excluding hydrogens is 418 g/mol. The number of rotatable bonds is 8. The molecule has 0 saturated carbocycles. The Labute approximate surface area is 185 Å². The summed E-state index contributed by atoms with van der Waals surface area (Å²) in [6, 6.07) is 12.6. The van der Waals surface area contributed by atoms with Crippen molar-refractivity contribution in [3.63, 3.8) is 0 Å². The van der Waals surface area contributed by atoms with Crippen LogP contribution in [0.1, 0.15) is 43.1 Å². The van der Waals surface area contributed by atoms with E-state index in [1.165, 1.54) is 18.2 Å². The normalized spacial score (nSPS) is 10.7. The van der Waals surface area contributed by atoms with Crippen LogP contribution in [0.5, 0.6) is 5.75 Å². The lowest BCUT2D eigenvalue weighted by Gasteiger charge is -2.19. The van der Waals surface area contributed by atoms with Crippen molar-refractivity contribution in [2.24, 2.45) is 0 Å². The van der Waals surface area contributed by atoms with Gasteiger partial charge in [0.15, 0.2) is 6.61 Å². The van der Waals surface area contributed by atoms with Gasteiger partial charge in [-0.05, 0) is 29.2 Å². The van der Waals surface area contributed by atoms with E-state index < -0.39 is 29.3 Å². The standard InChI is InChI=1S/C22H25N3O7/c1-22(2,3)16-7-9-18(10-8-16)31-12-11-20(27)32-14-19(26)23-24-21(28)15-5-4-6-17(13-15)25(29)30/h4-10,13H,11-12,14H2,1-3H3,(H,23,26)(H,24,28). The maximum absolute atomic E-state index is 11.9.